The molecule has 5 heteroatoms. The van der Waals surface area contributed by atoms with E-state index in [0.717, 1.165) is 74.9 Å². The van der Waals surface area contributed by atoms with Gasteiger partial charge in [-0.1, -0.05) is 73.9 Å². The largest absolute Gasteiger partial charge is 0.354 e. The molecule has 1 N–H and O–H groups in total. The van der Waals surface area contributed by atoms with Crippen molar-refractivity contribution in [1.82, 2.24) is 8.96 Å². The lowest BCUT2D eigenvalue weighted by Crippen LogP contribution is -2.12. The Morgan fingerprint density at radius 1 is 0.800 bits per heavy atom. The molecule has 4 nitrogen and oxygen atoms in total. The molecule has 0 saturated heterocycles. The molecule has 0 aliphatic carbocycles. The number of hydrogen-bond donors (Lipinski definition) is 1. The van der Waals surface area contributed by atoms with E-state index in [2.05, 4.69) is 36.2 Å². The summed E-state index contributed by atoms with van der Waals surface area (Å²) in [5.41, 5.74) is 5.89. The van der Waals surface area contributed by atoms with E-state index in [1.807, 2.05) is 49.4 Å². The van der Waals surface area contributed by atoms with E-state index in [-0.39, 0.29) is 0 Å². The molecule has 0 aliphatic heterocycles. The Morgan fingerprint density at radius 2 is 1.51 bits per heavy atom. The molecule has 0 bridgehead atoms. The van der Waals surface area contributed by atoms with Gasteiger partial charge in [-0.05, 0) is 55.7 Å². The standard InChI is InChI=1S/C30H28N2O2S/c1-3-4-5-12-24-29-23-11-7-9-14-27(23)32(35(33,34)21-17-15-20(2)16-18-21)28(29)19-25-22-10-6-8-13-26(22)31-30(24)25/h6-11,13-19,31H,3-5,12H2,1-2H3. The maximum atomic E-state index is 14.1. The third-order valence-electron chi connectivity index (χ3n) is 7.09. The van der Waals surface area contributed by atoms with Gasteiger partial charge in [0.05, 0.1) is 21.4 Å². The van der Waals surface area contributed by atoms with Crippen LogP contribution < -0.4 is 0 Å². The predicted molar refractivity (Wildman–Crippen MR) is 146 cm³/mol. The number of para-hydroxylation sites is 2. The zero-order chi connectivity index (χ0) is 24.2. The third kappa shape index (κ3) is 3.37. The molecule has 0 amide bonds. The number of aromatic nitrogens is 2. The fourth-order valence-electron chi connectivity index (χ4n) is 5.37. The van der Waals surface area contributed by atoms with E-state index in [9.17, 15) is 8.42 Å². The summed E-state index contributed by atoms with van der Waals surface area (Å²) in [6, 6.07) is 25.3. The Kier molecular flexibility index (Phi) is 5.19. The Hall–Kier alpha value is -3.57. The van der Waals surface area contributed by atoms with E-state index in [1.165, 1.54) is 5.56 Å². The Bertz CT molecular complexity index is 1820. The third-order valence-corrected chi connectivity index (χ3v) is 8.83. The van der Waals surface area contributed by atoms with Crippen molar-refractivity contribution in [3.63, 3.8) is 0 Å². The van der Waals surface area contributed by atoms with Gasteiger partial charge < -0.3 is 4.98 Å². The quantitative estimate of drug-likeness (QED) is 0.248. The van der Waals surface area contributed by atoms with E-state index in [0.29, 0.717) is 4.90 Å². The fourth-order valence-corrected chi connectivity index (χ4v) is 6.88. The number of nitrogens with one attached hydrogen (secondary N) is 1. The minimum atomic E-state index is -3.81. The first-order valence-corrected chi connectivity index (χ1v) is 13.7. The van der Waals surface area contributed by atoms with Crippen molar-refractivity contribution in [2.45, 2.75) is 44.4 Å². The van der Waals surface area contributed by atoms with Crippen molar-refractivity contribution in [1.29, 1.82) is 0 Å². The number of H-pyrrole nitrogens is 1. The van der Waals surface area contributed by atoms with Gasteiger partial charge in [0, 0.05) is 27.1 Å². The van der Waals surface area contributed by atoms with Crippen LogP contribution in [0, 0.1) is 6.92 Å². The first-order chi connectivity index (χ1) is 17.0. The number of aromatic amines is 1. The molecule has 0 saturated carbocycles. The number of aryl methyl sites for hydroxylation is 2. The first-order valence-electron chi connectivity index (χ1n) is 12.3. The monoisotopic (exact) mass is 480 g/mol. The summed E-state index contributed by atoms with van der Waals surface area (Å²) in [7, 11) is -3.81. The number of fused-ring (bicyclic) bond motifs is 6. The lowest BCUT2D eigenvalue weighted by atomic mass is 9.97. The van der Waals surface area contributed by atoms with Crippen LogP contribution in [-0.4, -0.2) is 17.4 Å². The van der Waals surface area contributed by atoms with Gasteiger partial charge in [-0.15, -0.1) is 0 Å². The Morgan fingerprint density at radius 3 is 2.29 bits per heavy atom. The average molecular weight is 481 g/mol. The minimum Gasteiger partial charge on any atom is -0.354 e. The van der Waals surface area contributed by atoms with Crippen LogP contribution >= 0.6 is 0 Å². The molecule has 6 aromatic rings. The van der Waals surface area contributed by atoms with Crippen molar-refractivity contribution in [2.75, 3.05) is 0 Å². The Labute approximate surface area is 205 Å². The van der Waals surface area contributed by atoms with Crippen LogP contribution in [-0.2, 0) is 16.4 Å². The molecule has 0 aliphatic rings. The van der Waals surface area contributed by atoms with Gasteiger partial charge in [0.15, 0.2) is 0 Å². The number of rotatable bonds is 6. The zero-order valence-corrected chi connectivity index (χ0v) is 20.8. The summed E-state index contributed by atoms with van der Waals surface area (Å²) in [5.74, 6) is 0. The van der Waals surface area contributed by atoms with Gasteiger partial charge in [0.25, 0.3) is 10.0 Å². The van der Waals surface area contributed by atoms with Crippen molar-refractivity contribution < 1.29 is 8.42 Å². The average Bonchev–Trinajstić information content (AvgIpc) is 3.40. The van der Waals surface area contributed by atoms with Crippen LogP contribution in [0.25, 0.3) is 43.6 Å². The van der Waals surface area contributed by atoms with Crippen LogP contribution in [0.15, 0.2) is 83.8 Å². The molecule has 0 fully saturated rings. The summed E-state index contributed by atoms with van der Waals surface area (Å²) in [6.07, 6.45) is 4.23. The predicted octanol–water partition coefficient (Wildman–Crippen LogP) is 7.71. The van der Waals surface area contributed by atoms with Crippen molar-refractivity contribution >= 4 is 53.6 Å². The number of hydrogen-bond acceptors (Lipinski definition) is 2. The highest BCUT2D eigenvalue weighted by Crippen LogP contribution is 2.40. The van der Waals surface area contributed by atoms with Crippen LogP contribution in [0.3, 0.4) is 0 Å². The van der Waals surface area contributed by atoms with Gasteiger partial charge in [0.2, 0.25) is 0 Å². The molecule has 0 unspecified atom stereocenters. The normalized spacial score (nSPS) is 12.4. The van der Waals surface area contributed by atoms with Crippen LogP contribution in [0.1, 0.15) is 37.3 Å². The second-order valence-corrected chi connectivity index (χ2v) is 11.2. The smallest absolute Gasteiger partial charge is 0.268 e. The van der Waals surface area contributed by atoms with E-state index in [1.54, 1.807) is 16.1 Å². The Balaban J connectivity index is 1.78. The highest BCUT2D eigenvalue weighted by Gasteiger charge is 2.26. The molecule has 2 aromatic heterocycles. The van der Waals surface area contributed by atoms with Gasteiger partial charge in [-0.2, -0.15) is 0 Å². The van der Waals surface area contributed by atoms with Gasteiger partial charge in [-0.3, -0.25) is 0 Å². The lowest BCUT2D eigenvalue weighted by Gasteiger charge is -2.11. The number of unbranched alkanes of at least 4 members (excludes halogenated alkanes) is 2. The highest BCUT2D eigenvalue weighted by molar-refractivity contribution is 7.90. The topological polar surface area (TPSA) is 54.9 Å². The van der Waals surface area contributed by atoms with E-state index >= 15 is 0 Å². The van der Waals surface area contributed by atoms with Crippen molar-refractivity contribution in [3.05, 3.63) is 90.0 Å². The molecule has 0 spiro atoms. The van der Waals surface area contributed by atoms with Crippen molar-refractivity contribution in [2.24, 2.45) is 0 Å². The molecule has 6 rings (SSSR count). The summed E-state index contributed by atoms with van der Waals surface area (Å²) in [6.45, 7) is 4.17. The van der Waals surface area contributed by atoms with Crippen LogP contribution in [0.4, 0.5) is 0 Å². The molecular formula is C30H28N2O2S. The molecule has 0 radical (unpaired) electrons. The number of benzene rings is 4. The molecular weight excluding hydrogens is 452 g/mol. The molecule has 176 valence electrons. The maximum absolute atomic E-state index is 14.1. The van der Waals surface area contributed by atoms with Crippen LogP contribution in [0.2, 0.25) is 0 Å². The second-order valence-electron chi connectivity index (χ2n) is 9.40. The molecule has 4 aromatic carbocycles. The summed E-state index contributed by atoms with van der Waals surface area (Å²) in [5, 5.41) is 4.20. The van der Waals surface area contributed by atoms with E-state index in [4.69, 9.17) is 0 Å². The first kappa shape index (κ1) is 21.9. The fraction of sp³-hybridized carbons (Fsp3) is 0.200. The van der Waals surface area contributed by atoms with Crippen molar-refractivity contribution in [3.8, 4) is 0 Å². The van der Waals surface area contributed by atoms with Gasteiger partial charge in [0.1, 0.15) is 0 Å². The van der Waals surface area contributed by atoms with Crippen LogP contribution in [0.5, 0.6) is 0 Å². The van der Waals surface area contributed by atoms with E-state index < -0.39 is 10.0 Å². The molecule has 35 heavy (non-hydrogen) atoms. The second kappa shape index (κ2) is 8.28. The molecule has 0 atom stereocenters. The van der Waals surface area contributed by atoms with Gasteiger partial charge in [-0.25, -0.2) is 12.4 Å². The number of nitrogens with zero attached hydrogens (tertiary/aromatic N) is 1. The summed E-state index contributed by atoms with van der Waals surface area (Å²) < 4.78 is 29.8. The SMILES string of the molecule is CCCCCc1c2[nH]c3ccccc3c2cc2c1c1ccccc1n2S(=O)(=O)c1ccc(C)cc1. The molecule has 2 heterocycles. The van der Waals surface area contributed by atoms with Gasteiger partial charge >= 0.3 is 0 Å². The minimum absolute atomic E-state index is 0.303. The zero-order valence-electron chi connectivity index (χ0n) is 20.0. The maximum Gasteiger partial charge on any atom is 0.268 e. The lowest BCUT2D eigenvalue weighted by molar-refractivity contribution is 0.590. The summed E-state index contributed by atoms with van der Waals surface area (Å²) >= 11 is 0. The summed E-state index contributed by atoms with van der Waals surface area (Å²) in [4.78, 5) is 3.96. The highest BCUT2D eigenvalue weighted by atomic mass is 32.2.